The lowest BCUT2D eigenvalue weighted by Crippen LogP contribution is -2.45. The lowest BCUT2D eigenvalue weighted by atomic mass is 10.1. The van der Waals surface area contributed by atoms with Gasteiger partial charge in [-0.2, -0.15) is 0 Å². The number of pyridine rings is 1. The second-order valence-electron chi connectivity index (χ2n) is 5.05. The van der Waals surface area contributed by atoms with E-state index >= 15 is 0 Å². The Labute approximate surface area is 137 Å². The fourth-order valence-corrected chi connectivity index (χ4v) is 2.54. The summed E-state index contributed by atoms with van der Waals surface area (Å²) in [6.45, 7) is 1.49. The van der Waals surface area contributed by atoms with Crippen molar-refractivity contribution in [2.75, 3.05) is 5.32 Å². The van der Waals surface area contributed by atoms with Crippen molar-refractivity contribution in [1.82, 2.24) is 9.88 Å². The highest BCUT2D eigenvalue weighted by atomic mass is 35.5. The molecule has 0 saturated heterocycles. The zero-order chi connectivity index (χ0) is 16.6. The number of aromatic nitrogens is 1. The molecule has 1 aliphatic heterocycles. The summed E-state index contributed by atoms with van der Waals surface area (Å²) in [6.07, 6.45) is 1.45. The van der Waals surface area contributed by atoms with E-state index in [-0.39, 0.29) is 5.82 Å². The molecule has 0 radical (unpaired) electrons. The van der Waals surface area contributed by atoms with Gasteiger partial charge >= 0.3 is 0 Å². The van der Waals surface area contributed by atoms with Gasteiger partial charge in [0.05, 0.1) is 11.1 Å². The molecule has 0 saturated carbocycles. The molecule has 1 N–H and O–H groups in total. The van der Waals surface area contributed by atoms with Gasteiger partial charge in [0.2, 0.25) is 5.91 Å². The molecule has 3 amide bonds. The Kier molecular flexibility index (Phi) is 3.83. The maximum Gasteiger partial charge on any atom is 0.262 e. The smallest absolute Gasteiger partial charge is 0.262 e. The van der Waals surface area contributed by atoms with Gasteiger partial charge in [0, 0.05) is 11.2 Å². The monoisotopic (exact) mass is 329 g/mol. The van der Waals surface area contributed by atoms with Crippen molar-refractivity contribution in [2.24, 2.45) is 0 Å². The molecule has 0 bridgehead atoms. The van der Waals surface area contributed by atoms with E-state index in [1.54, 1.807) is 30.3 Å². The first-order chi connectivity index (χ1) is 11.0. The van der Waals surface area contributed by atoms with Crippen LogP contribution in [0.2, 0.25) is 5.02 Å². The number of rotatable bonds is 3. The Morgan fingerprint density at radius 3 is 2.35 bits per heavy atom. The molecule has 6 nitrogen and oxygen atoms in total. The van der Waals surface area contributed by atoms with E-state index in [1.807, 2.05) is 0 Å². The van der Waals surface area contributed by atoms with Gasteiger partial charge in [-0.25, -0.2) is 4.98 Å². The molecule has 116 valence electrons. The third-order valence-electron chi connectivity index (χ3n) is 3.57. The van der Waals surface area contributed by atoms with Gasteiger partial charge in [0.15, 0.2) is 0 Å². The first kappa shape index (κ1) is 15.2. The summed E-state index contributed by atoms with van der Waals surface area (Å²) in [4.78, 5) is 41.9. The Bertz CT molecular complexity index is 787. The Balaban J connectivity index is 1.81. The van der Waals surface area contributed by atoms with Crippen LogP contribution in [0.5, 0.6) is 0 Å². The molecule has 0 aliphatic carbocycles. The lowest BCUT2D eigenvalue weighted by Gasteiger charge is -2.21. The summed E-state index contributed by atoms with van der Waals surface area (Å²) in [5.41, 5.74) is 0.607. The van der Waals surface area contributed by atoms with Crippen LogP contribution in [-0.4, -0.2) is 33.6 Å². The van der Waals surface area contributed by atoms with Crippen molar-refractivity contribution in [1.29, 1.82) is 0 Å². The van der Waals surface area contributed by atoms with E-state index < -0.39 is 23.8 Å². The van der Waals surface area contributed by atoms with E-state index in [0.29, 0.717) is 16.1 Å². The number of nitrogens with zero attached hydrogens (tertiary/aromatic N) is 2. The predicted molar refractivity (Wildman–Crippen MR) is 84.3 cm³/mol. The number of benzene rings is 1. The highest BCUT2D eigenvalue weighted by Crippen LogP contribution is 2.25. The van der Waals surface area contributed by atoms with Crippen LogP contribution < -0.4 is 5.32 Å². The lowest BCUT2D eigenvalue weighted by molar-refractivity contribution is -0.119. The minimum absolute atomic E-state index is 0.256. The molecule has 1 unspecified atom stereocenters. The number of carbonyl (C=O) groups excluding carboxylic acids is 3. The fourth-order valence-electron chi connectivity index (χ4n) is 2.38. The molecule has 1 aliphatic rings. The summed E-state index contributed by atoms with van der Waals surface area (Å²) in [5, 5.41) is 2.97. The van der Waals surface area contributed by atoms with Gasteiger partial charge in [-0.05, 0) is 31.2 Å². The largest absolute Gasteiger partial charge is 0.309 e. The highest BCUT2D eigenvalue weighted by molar-refractivity contribution is 6.30. The summed E-state index contributed by atoms with van der Waals surface area (Å²) in [5.74, 6) is -1.22. The Morgan fingerprint density at radius 1 is 1.17 bits per heavy atom. The van der Waals surface area contributed by atoms with E-state index in [4.69, 9.17) is 11.6 Å². The zero-order valence-corrected chi connectivity index (χ0v) is 12.9. The highest BCUT2D eigenvalue weighted by Gasteiger charge is 2.40. The van der Waals surface area contributed by atoms with Crippen LogP contribution in [0.4, 0.5) is 5.82 Å². The number of fused-ring (bicyclic) bond motifs is 1. The van der Waals surface area contributed by atoms with Gasteiger partial charge in [-0.3, -0.25) is 19.3 Å². The number of imide groups is 1. The fraction of sp³-hybridized carbons (Fsp3) is 0.125. The maximum absolute atomic E-state index is 12.3. The van der Waals surface area contributed by atoms with Gasteiger partial charge in [-0.15, -0.1) is 0 Å². The molecule has 0 fully saturated rings. The number of nitrogens with one attached hydrogen (secondary N) is 1. The van der Waals surface area contributed by atoms with E-state index in [0.717, 1.165) is 4.90 Å². The molecular weight excluding hydrogens is 318 g/mol. The minimum Gasteiger partial charge on any atom is -0.309 e. The van der Waals surface area contributed by atoms with Crippen molar-refractivity contribution in [2.45, 2.75) is 13.0 Å². The molecule has 2 heterocycles. The SMILES string of the molecule is CC(C(=O)Nc1cc(Cl)ccn1)N1C(=O)c2ccccc2C1=O. The van der Waals surface area contributed by atoms with Crippen molar-refractivity contribution < 1.29 is 14.4 Å². The molecule has 7 heteroatoms. The van der Waals surface area contributed by atoms with Gasteiger partial charge in [-0.1, -0.05) is 23.7 Å². The molecule has 1 aromatic heterocycles. The van der Waals surface area contributed by atoms with Crippen molar-refractivity contribution in [3.63, 3.8) is 0 Å². The van der Waals surface area contributed by atoms with Crippen molar-refractivity contribution >= 4 is 35.1 Å². The molecule has 2 aromatic rings. The maximum atomic E-state index is 12.3. The van der Waals surface area contributed by atoms with Crippen molar-refractivity contribution in [3.8, 4) is 0 Å². The number of anilines is 1. The third kappa shape index (κ3) is 2.68. The average molecular weight is 330 g/mol. The Morgan fingerprint density at radius 2 is 1.78 bits per heavy atom. The first-order valence-corrected chi connectivity index (χ1v) is 7.26. The zero-order valence-electron chi connectivity index (χ0n) is 12.1. The normalized spacial score (nSPS) is 14.6. The van der Waals surface area contributed by atoms with Crippen LogP contribution >= 0.6 is 11.6 Å². The van der Waals surface area contributed by atoms with Crippen LogP contribution in [0.3, 0.4) is 0 Å². The second kappa shape index (κ2) is 5.81. The van der Waals surface area contributed by atoms with E-state index in [2.05, 4.69) is 10.3 Å². The predicted octanol–water partition coefficient (Wildman–Crippen LogP) is 2.36. The standard InChI is InChI=1S/C16H12ClN3O3/c1-9(14(21)19-13-8-10(17)6-7-18-13)20-15(22)11-4-2-3-5-12(11)16(20)23/h2-9H,1H3,(H,18,19,21). The minimum atomic E-state index is -0.969. The molecule has 1 aromatic carbocycles. The topological polar surface area (TPSA) is 79.4 Å². The molecule has 0 spiro atoms. The first-order valence-electron chi connectivity index (χ1n) is 6.88. The Hall–Kier alpha value is -2.73. The summed E-state index contributed by atoms with van der Waals surface area (Å²) in [6, 6.07) is 8.57. The van der Waals surface area contributed by atoms with Crippen molar-refractivity contribution in [3.05, 3.63) is 58.7 Å². The van der Waals surface area contributed by atoms with Crippen LogP contribution in [0, 0.1) is 0 Å². The second-order valence-corrected chi connectivity index (χ2v) is 5.49. The summed E-state index contributed by atoms with van der Waals surface area (Å²) in [7, 11) is 0. The van der Waals surface area contributed by atoms with Gasteiger partial charge in [0.25, 0.3) is 11.8 Å². The van der Waals surface area contributed by atoms with Crippen LogP contribution in [0.1, 0.15) is 27.6 Å². The average Bonchev–Trinajstić information content (AvgIpc) is 2.79. The summed E-state index contributed by atoms with van der Waals surface area (Å²) < 4.78 is 0. The van der Waals surface area contributed by atoms with Crippen LogP contribution in [-0.2, 0) is 4.79 Å². The quantitative estimate of drug-likeness (QED) is 0.877. The molecular formula is C16H12ClN3O3. The van der Waals surface area contributed by atoms with Gasteiger partial charge in [0.1, 0.15) is 11.9 Å². The summed E-state index contributed by atoms with van der Waals surface area (Å²) >= 11 is 5.83. The molecule has 1 atom stereocenters. The third-order valence-corrected chi connectivity index (χ3v) is 3.80. The number of carbonyl (C=O) groups is 3. The number of amides is 3. The number of halogens is 1. The van der Waals surface area contributed by atoms with Gasteiger partial charge < -0.3 is 5.32 Å². The molecule has 3 rings (SSSR count). The number of hydrogen-bond donors (Lipinski definition) is 1. The molecule has 23 heavy (non-hydrogen) atoms. The van der Waals surface area contributed by atoms with E-state index in [1.165, 1.54) is 19.2 Å². The van der Waals surface area contributed by atoms with Crippen LogP contribution in [0.25, 0.3) is 0 Å². The van der Waals surface area contributed by atoms with Crippen LogP contribution in [0.15, 0.2) is 42.6 Å². The number of hydrogen-bond acceptors (Lipinski definition) is 4. The van der Waals surface area contributed by atoms with E-state index in [9.17, 15) is 14.4 Å².